The van der Waals surface area contributed by atoms with Crippen LogP contribution in [0.5, 0.6) is 0 Å². The number of amides is 6. The number of alkyl halides is 6. The van der Waals surface area contributed by atoms with E-state index >= 15 is 0 Å². The number of hydrogen-bond acceptors (Lipinski definition) is 30. The number of carbonyl (C=O) groups excluding carboxylic acids is 8. The maximum absolute atomic E-state index is 12.8. The van der Waals surface area contributed by atoms with Gasteiger partial charge in [0.2, 0.25) is 21.8 Å². The van der Waals surface area contributed by atoms with Gasteiger partial charge in [0.15, 0.2) is 17.5 Å². The van der Waals surface area contributed by atoms with Crippen LogP contribution < -0.4 is 93.3 Å². The molecule has 0 atom stereocenters. The first-order valence-electron chi connectivity index (χ1n) is 37.2. The molecule has 33 nitrogen and oxygen atoms in total. The predicted octanol–water partition coefficient (Wildman–Crippen LogP) is 20.6. The van der Waals surface area contributed by atoms with Gasteiger partial charge in [-0.15, -0.1) is 5.60 Å². The fourth-order valence-corrected chi connectivity index (χ4v) is 8.81. The van der Waals surface area contributed by atoms with Gasteiger partial charge in [0.05, 0.1) is 11.1 Å². The number of anilines is 9. The van der Waals surface area contributed by atoms with Gasteiger partial charge < -0.3 is 69.8 Å². The first kappa shape index (κ1) is 118. The summed E-state index contributed by atoms with van der Waals surface area (Å²) in [5, 5.41) is 15.1. The van der Waals surface area contributed by atoms with Crippen molar-refractivity contribution in [1.29, 1.82) is 0 Å². The number of halogens is 12. The third-order valence-corrected chi connectivity index (χ3v) is 12.9. The third kappa shape index (κ3) is 54.2. The molecule has 0 saturated heterocycles. The van der Waals surface area contributed by atoms with Gasteiger partial charge in [0.1, 0.15) is 71.9 Å². The van der Waals surface area contributed by atoms with Gasteiger partial charge in [0.25, 0.3) is 0 Å². The van der Waals surface area contributed by atoms with Crippen LogP contribution in [0.3, 0.4) is 0 Å². The number of aromatic nitrogens is 8. The zero-order valence-corrected chi connectivity index (χ0v) is 83.4. The van der Waals surface area contributed by atoms with Crippen LogP contribution in [0.25, 0.3) is 0 Å². The smallest absolute Gasteiger partial charge is 0.850 e. The molecule has 4 aromatic heterocycles. The van der Waals surface area contributed by atoms with Crippen molar-refractivity contribution in [3.8, 4) is 0 Å². The van der Waals surface area contributed by atoms with E-state index in [0.717, 1.165) is 36.0 Å². The number of nitrogens with zero attached hydrogens (tertiary/aromatic N) is 11. The van der Waals surface area contributed by atoms with Crippen LogP contribution in [0.2, 0.25) is 31.3 Å². The summed E-state index contributed by atoms with van der Waals surface area (Å²) in [7, 11) is 0. The van der Waals surface area contributed by atoms with Crippen molar-refractivity contribution >= 4 is 171 Å². The molecule has 0 aliphatic carbocycles. The molecule has 0 aliphatic heterocycles. The second-order valence-electron chi connectivity index (χ2n) is 34.8. The maximum Gasteiger partial charge on any atom is 1.00 e. The average molecular weight is 1940 g/mol. The molecule has 7 aromatic rings. The molecule has 46 heteroatoms. The van der Waals surface area contributed by atoms with Crippen molar-refractivity contribution in [2.24, 2.45) is 0 Å². The van der Waals surface area contributed by atoms with E-state index in [0.29, 0.717) is 14.7 Å². The number of nitrogens with two attached hydrogens (primary N) is 2. The Balaban J connectivity index is 0.00000157. The Morgan fingerprint density at radius 2 is 0.606 bits per heavy atom. The number of nitrogen functional groups attached to an aromatic ring is 2. The summed E-state index contributed by atoms with van der Waals surface area (Å²) in [6.45, 7) is 46.3. The van der Waals surface area contributed by atoms with E-state index in [-0.39, 0.29) is 129 Å². The van der Waals surface area contributed by atoms with Crippen LogP contribution in [0.4, 0.5) is 117 Å². The number of rotatable bonds is 7. The fourth-order valence-electron chi connectivity index (χ4n) is 7.63. The first-order chi connectivity index (χ1) is 56.6. The van der Waals surface area contributed by atoms with Crippen molar-refractivity contribution in [3.63, 3.8) is 0 Å². The van der Waals surface area contributed by atoms with Crippen LogP contribution in [-0.2, 0) is 55.0 Å². The Morgan fingerprint density at radius 3 is 0.874 bits per heavy atom. The van der Waals surface area contributed by atoms with Gasteiger partial charge in [-0.05, 0) is 269 Å². The van der Waals surface area contributed by atoms with E-state index in [9.17, 15) is 69.8 Å². The summed E-state index contributed by atoms with van der Waals surface area (Å²) in [4.78, 5) is 130. The van der Waals surface area contributed by atoms with Gasteiger partial charge in [-0.3, -0.25) is 0 Å². The van der Waals surface area contributed by atoms with Gasteiger partial charge in [0, 0.05) is 41.3 Å². The van der Waals surface area contributed by atoms with Crippen LogP contribution in [0, 0.1) is 6.92 Å². The van der Waals surface area contributed by atoms with Gasteiger partial charge in [-0.25, -0.2) is 63.3 Å². The Morgan fingerprint density at radius 1 is 0.346 bits per heavy atom. The molecule has 0 fully saturated rings. The first-order valence-corrected chi connectivity index (χ1v) is 39.5. The molecule has 6 N–H and O–H groups in total. The van der Waals surface area contributed by atoms with Crippen molar-refractivity contribution in [2.45, 2.75) is 257 Å². The van der Waals surface area contributed by atoms with Crippen LogP contribution in [0.15, 0.2) is 97.1 Å². The maximum atomic E-state index is 12.8. The van der Waals surface area contributed by atoms with E-state index in [1.807, 2.05) is 31.2 Å². The number of benzene rings is 3. The fraction of sp³-hybridized carbons (Fsp3) is 0.481. The second-order valence-corrected chi connectivity index (χ2v) is 37.0. The SMILES string of the molecule is CC(C)(C)OC(=O)N(C(=O)OC(C)(C)C)c1cc(Cl)nc(Cl)n1.CC(C)(C)OC(=O)N(C(=O)OC(C)(C)C)c1cc(Cl)nc(Nc2ccc(C(F)(F)F)cc2)n1.CC(C)(C)OC(=O)N(C(=O)OC(C)(C)C)c1cc(Nc2ccc(C(F)(F)F)cc2)nc(Cl)n1.CC(C)(C)OC(=O)OC(=O)OC(C)(C)C.CC(C)(C)[O-].Cc1ccc(N)cc1.Nc1cc(Cl)nc(Cl)n1.[K+]. The molecule has 6 amide bonds. The van der Waals surface area contributed by atoms with Crippen molar-refractivity contribution < 1.29 is 164 Å². The summed E-state index contributed by atoms with van der Waals surface area (Å²) < 4.78 is 122. The van der Waals surface area contributed by atoms with E-state index in [4.69, 9.17) is 119 Å². The van der Waals surface area contributed by atoms with E-state index in [1.165, 1.54) is 48.0 Å². The third-order valence-electron chi connectivity index (χ3n) is 11.8. The van der Waals surface area contributed by atoms with Crippen molar-refractivity contribution in [3.05, 3.63) is 145 Å². The van der Waals surface area contributed by atoms with E-state index in [2.05, 4.69) is 55.2 Å². The summed E-state index contributed by atoms with van der Waals surface area (Å²) in [5.41, 5.74) is 4.04. The number of imide groups is 3. The number of aryl methyl sites for hydroxylation is 1. The molecule has 0 spiro atoms. The van der Waals surface area contributed by atoms with Crippen LogP contribution >= 0.6 is 69.6 Å². The molecule has 698 valence electrons. The topological polar surface area (TPSA) is 432 Å². The molecule has 0 aliphatic rings. The minimum atomic E-state index is -4.49. The van der Waals surface area contributed by atoms with Gasteiger partial charge in [-0.2, -0.15) is 56.0 Å². The van der Waals surface area contributed by atoms with Crippen molar-refractivity contribution in [1.82, 2.24) is 39.9 Å². The van der Waals surface area contributed by atoms with Crippen LogP contribution in [-0.4, -0.2) is 139 Å². The molecular formula is C81H106Cl6F6KN15O18. The zero-order chi connectivity index (χ0) is 98.0. The molecule has 7 rings (SSSR count). The normalized spacial score (nSPS) is 11.6. The monoisotopic (exact) mass is 1940 g/mol. The summed E-state index contributed by atoms with van der Waals surface area (Å²) in [6, 6.07) is 21.0. The number of carbonyl (C=O) groups is 8. The molecule has 0 unspecified atom stereocenters. The predicted molar refractivity (Wildman–Crippen MR) is 466 cm³/mol. The second kappa shape index (κ2) is 49.2. The molecule has 0 bridgehead atoms. The summed E-state index contributed by atoms with van der Waals surface area (Å²) in [6.07, 6.45) is -17.3. The summed E-state index contributed by atoms with van der Waals surface area (Å²) in [5.74, 6) is -0.532. The van der Waals surface area contributed by atoms with E-state index < -0.39 is 123 Å². The number of nitrogens with one attached hydrogen (secondary N) is 2. The summed E-state index contributed by atoms with van der Waals surface area (Å²) >= 11 is 34.4. The van der Waals surface area contributed by atoms with Crippen LogP contribution in [0.1, 0.15) is 204 Å². The van der Waals surface area contributed by atoms with Gasteiger partial charge in [-0.1, -0.05) is 73.3 Å². The van der Waals surface area contributed by atoms with Crippen molar-refractivity contribution in [2.75, 3.05) is 36.8 Å². The standard InChI is InChI=1S/2C21H24ClF3N4O4.C14H19Cl2N3O4.C10H18O5.C7H9N.C4H3Cl2N3.C4H9O.K/c1-19(2,3)32-17(30)29(18(31)33-20(4,5)6)15-11-14(27-16(22)28-15)26-13-9-7-12(8-10-13)21(23,24)25;1-19(2,3)32-17(30)29(18(31)33-20(4,5)6)15-11-14(22)27-16(28-15)26-13-9-7-12(8-10-13)21(23,24)25;1-13(2,3)22-11(20)19(12(21)23-14(4,5)6)9-7-8(15)17-10(16)18-9;1-9(2,3)14-7(11)13-8(12)15-10(4,5)6;1-6-2-4-7(8)5-3-6;5-2-1-3(7)9-4(6)8-2;1-4(2,3)5;/h2*7-11H,1-6H3,(H,26,27,28);7H,1-6H3;1-6H3;2-5H,8H2,1H3;1H,(H2,7,8,9);1-3H3;/q;;;;;;-1;+1. The number of hydrogen-bond donors (Lipinski definition) is 4. The Bertz CT molecular complexity index is 4430. The Labute approximate surface area is 806 Å². The van der Waals surface area contributed by atoms with E-state index in [1.54, 1.807) is 187 Å². The quantitative estimate of drug-likeness (QED) is 0.0168. The molecule has 4 heterocycles. The molecule has 127 heavy (non-hydrogen) atoms. The molecular weight excluding hydrogens is 1840 g/mol. The Kier molecular flexibility index (Phi) is 45.7. The molecule has 3 aromatic carbocycles. The zero-order valence-electron chi connectivity index (χ0n) is 75.7. The number of ether oxygens (including phenoxy) is 9. The Hall–Kier alpha value is -8.94. The van der Waals surface area contributed by atoms with Gasteiger partial charge >= 0.3 is 113 Å². The molecule has 0 saturated carbocycles. The average Bonchev–Trinajstić information content (AvgIpc) is 0.813. The minimum absolute atomic E-state index is 0. The molecule has 0 radical (unpaired) electrons. The minimum Gasteiger partial charge on any atom is -0.850 e. The largest absolute Gasteiger partial charge is 1.00 e.